The molecule has 3 nitrogen and oxygen atoms in total. The lowest BCUT2D eigenvalue weighted by molar-refractivity contribution is 0.155. The summed E-state index contributed by atoms with van der Waals surface area (Å²) in [6.45, 7) is 2.23. The Morgan fingerprint density at radius 3 is 2.73 bits per heavy atom. The quantitative estimate of drug-likeness (QED) is 0.865. The van der Waals surface area contributed by atoms with Crippen molar-refractivity contribution in [2.75, 3.05) is 6.61 Å². The van der Waals surface area contributed by atoms with Crippen molar-refractivity contribution in [1.82, 2.24) is 0 Å². The number of hydrogen-bond acceptors (Lipinski definition) is 3. The van der Waals surface area contributed by atoms with Crippen LogP contribution in [0, 0.1) is 0 Å². The Balaban J connectivity index is 2.54. The third-order valence-electron chi connectivity index (χ3n) is 1.97. The first kappa shape index (κ1) is 12.5. The van der Waals surface area contributed by atoms with Crippen molar-refractivity contribution in [3.63, 3.8) is 0 Å². The van der Waals surface area contributed by atoms with Crippen LogP contribution < -0.4 is 4.74 Å². The van der Waals surface area contributed by atoms with E-state index in [-0.39, 0.29) is 12.7 Å². The average molecular weight is 275 g/mol. The van der Waals surface area contributed by atoms with Gasteiger partial charge in [0.2, 0.25) is 0 Å². The molecule has 0 bridgehead atoms. The molecule has 0 saturated carbocycles. The van der Waals surface area contributed by atoms with Crippen LogP contribution in [-0.4, -0.2) is 22.9 Å². The number of halogens is 1. The highest BCUT2D eigenvalue weighted by Crippen LogP contribution is 2.26. The van der Waals surface area contributed by atoms with Crippen molar-refractivity contribution in [3.05, 3.63) is 28.2 Å². The van der Waals surface area contributed by atoms with Crippen molar-refractivity contribution < 1.29 is 14.9 Å². The van der Waals surface area contributed by atoms with Crippen molar-refractivity contribution in [1.29, 1.82) is 0 Å². The minimum absolute atomic E-state index is 0.0204. The maximum Gasteiger partial charge on any atom is 0.133 e. The summed E-state index contributed by atoms with van der Waals surface area (Å²) in [7, 11) is 0. The van der Waals surface area contributed by atoms with Crippen molar-refractivity contribution in [2.45, 2.75) is 26.1 Å². The van der Waals surface area contributed by atoms with E-state index in [0.717, 1.165) is 15.8 Å². The lowest BCUT2D eigenvalue weighted by Crippen LogP contribution is -2.07. The molecule has 84 valence electrons. The molecule has 1 aromatic rings. The van der Waals surface area contributed by atoms with Gasteiger partial charge >= 0.3 is 0 Å². The van der Waals surface area contributed by atoms with Crippen LogP contribution in [0.2, 0.25) is 0 Å². The van der Waals surface area contributed by atoms with Gasteiger partial charge in [0.1, 0.15) is 5.75 Å². The van der Waals surface area contributed by atoms with Gasteiger partial charge < -0.3 is 14.9 Å². The van der Waals surface area contributed by atoms with Gasteiger partial charge in [0.25, 0.3) is 0 Å². The number of aliphatic hydroxyl groups is 2. The molecule has 0 aromatic heterocycles. The van der Waals surface area contributed by atoms with E-state index in [2.05, 4.69) is 15.9 Å². The SMILES string of the molecule is CC(O)CCOc1ccc(CO)cc1Br. The zero-order chi connectivity index (χ0) is 11.3. The Bertz CT molecular complexity index is 313. The minimum Gasteiger partial charge on any atom is -0.492 e. The molecule has 1 unspecified atom stereocenters. The Morgan fingerprint density at radius 1 is 1.47 bits per heavy atom. The number of hydrogen-bond donors (Lipinski definition) is 2. The number of aliphatic hydroxyl groups excluding tert-OH is 2. The van der Waals surface area contributed by atoms with Crippen molar-refractivity contribution in [2.24, 2.45) is 0 Å². The normalized spacial score (nSPS) is 12.5. The summed E-state index contributed by atoms with van der Waals surface area (Å²) in [5, 5.41) is 18.0. The van der Waals surface area contributed by atoms with Crippen LogP contribution in [0.3, 0.4) is 0 Å². The summed E-state index contributed by atoms with van der Waals surface area (Å²) in [5.41, 5.74) is 0.838. The smallest absolute Gasteiger partial charge is 0.133 e. The fourth-order valence-corrected chi connectivity index (χ4v) is 1.64. The van der Waals surface area contributed by atoms with E-state index in [1.54, 1.807) is 13.0 Å². The summed E-state index contributed by atoms with van der Waals surface area (Å²) in [5.74, 6) is 0.729. The van der Waals surface area contributed by atoms with Gasteiger partial charge in [-0.1, -0.05) is 6.07 Å². The standard InChI is InChI=1S/C11H15BrO3/c1-8(14)4-5-15-11-3-2-9(7-13)6-10(11)12/h2-3,6,8,13-14H,4-5,7H2,1H3. The van der Waals surface area contributed by atoms with Gasteiger partial charge in [0.15, 0.2) is 0 Å². The second-order valence-electron chi connectivity index (χ2n) is 3.41. The lowest BCUT2D eigenvalue weighted by atomic mass is 10.2. The van der Waals surface area contributed by atoms with Crippen LogP contribution in [0.1, 0.15) is 18.9 Å². The molecule has 2 N–H and O–H groups in total. The summed E-state index contributed by atoms with van der Waals surface area (Å²) in [4.78, 5) is 0. The summed E-state index contributed by atoms with van der Waals surface area (Å²) in [6, 6.07) is 5.43. The monoisotopic (exact) mass is 274 g/mol. The predicted molar refractivity (Wildman–Crippen MR) is 61.9 cm³/mol. The molecule has 0 heterocycles. The average Bonchev–Trinajstić information content (AvgIpc) is 2.20. The molecule has 0 saturated heterocycles. The highest BCUT2D eigenvalue weighted by molar-refractivity contribution is 9.10. The van der Waals surface area contributed by atoms with E-state index in [1.165, 1.54) is 0 Å². The van der Waals surface area contributed by atoms with E-state index in [0.29, 0.717) is 13.0 Å². The molecular formula is C11H15BrO3. The van der Waals surface area contributed by atoms with Crippen LogP contribution in [0.25, 0.3) is 0 Å². The molecule has 1 aromatic carbocycles. The first-order chi connectivity index (χ1) is 7.13. The maximum absolute atomic E-state index is 9.06. The summed E-state index contributed by atoms with van der Waals surface area (Å²) >= 11 is 3.36. The number of ether oxygens (including phenoxy) is 1. The van der Waals surface area contributed by atoms with E-state index in [1.807, 2.05) is 12.1 Å². The lowest BCUT2D eigenvalue weighted by Gasteiger charge is -2.10. The maximum atomic E-state index is 9.06. The van der Waals surface area contributed by atoms with Gasteiger partial charge in [-0.25, -0.2) is 0 Å². The van der Waals surface area contributed by atoms with Crippen LogP contribution in [0.5, 0.6) is 5.75 Å². The van der Waals surface area contributed by atoms with E-state index >= 15 is 0 Å². The topological polar surface area (TPSA) is 49.7 Å². The molecule has 0 spiro atoms. The molecule has 0 fully saturated rings. The van der Waals surface area contributed by atoms with Gasteiger partial charge in [0, 0.05) is 6.42 Å². The largest absolute Gasteiger partial charge is 0.492 e. The fourth-order valence-electron chi connectivity index (χ4n) is 1.10. The first-order valence-electron chi connectivity index (χ1n) is 4.83. The van der Waals surface area contributed by atoms with Crippen LogP contribution in [-0.2, 0) is 6.61 Å². The summed E-state index contributed by atoms with van der Waals surface area (Å²) < 4.78 is 6.28. The molecule has 15 heavy (non-hydrogen) atoms. The van der Waals surface area contributed by atoms with Gasteiger partial charge in [-0.3, -0.25) is 0 Å². The van der Waals surface area contributed by atoms with Gasteiger partial charge in [-0.05, 0) is 40.5 Å². The minimum atomic E-state index is -0.347. The molecule has 0 aliphatic heterocycles. The Labute approximate surface area is 97.8 Å². The van der Waals surface area contributed by atoms with Gasteiger partial charge in [0.05, 0.1) is 23.8 Å². The number of rotatable bonds is 5. The molecule has 0 aliphatic carbocycles. The first-order valence-corrected chi connectivity index (χ1v) is 5.63. The van der Waals surface area contributed by atoms with E-state index in [9.17, 15) is 0 Å². The van der Waals surface area contributed by atoms with Crippen molar-refractivity contribution in [3.8, 4) is 5.75 Å². The molecule has 0 radical (unpaired) electrons. The Kier molecular flexibility index (Phi) is 5.08. The molecular weight excluding hydrogens is 260 g/mol. The van der Waals surface area contributed by atoms with Crippen LogP contribution in [0.15, 0.2) is 22.7 Å². The molecule has 0 amide bonds. The van der Waals surface area contributed by atoms with Crippen molar-refractivity contribution >= 4 is 15.9 Å². The van der Waals surface area contributed by atoms with E-state index < -0.39 is 0 Å². The summed E-state index contributed by atoms with van der Waals surface area (Å²) in [6.07, 6.45) is 0.259. The zero-order valence-electron chi connectivity index (χ0n) is 8.61. The fraction of sp³-hybridized carbons (Fsp3) is 0.455. The number of benzene rings is 1. The van der Waals surface area contributed by atoms with E-state index in [4.69, 9.17) is 14.9 Å². The molecule has 0 aliphatic rings. The molecule has 1 atom stereocenters. The third kappa shape index (κ3) is 4.20. The molecule has 1 rings (SSSR count). The van der Waals surface area contributed by atoms with Gasteiger partial charge in [-0.15, -0.1) is 0 Å². The second-order valence-corrected chi connectivity index (χ2v) is 4.26. The second kappa shape index (κ2) is 6.10. The highest BCUT2D eigenvalue weighted by atomic mass is 79.9. The third-order valence-corrected chi connectivity index (χ3v) is 2.59. The Morgan fingerprint density at radius 2 is 2.20 bits per heavy atom. The zero-order valence-corrected chi connectivity index (χ0v) is 10.2. The van der Waals surface area contributed by atoms with Gasteiger partial charge in [-0.2, -0.15) is 0 Å². The Hall–Kier alpha value is -0.580. The van der Waals surface area contributed by atoms with Crippen LogP contribution >= 0.6 is 15.9 Å². The molecule has 4 heteroatoms. The van der Waals surface area contributed by atoms with Crippen LogP contribution in [0.4, 0.5) is 0 Å². The predicted octanol–water partition coefficient (Wildman–Crippen LogP) is 2.09. The highest BCUT2D eigenvalue weighted by Gasteiger charge is 2.03.